The third-order valence-corrected chi connectivity index (χ3v) is 9.20. The summed E-state index contributed by atoms with van der Waals surface area (Å²) in [5, 5.41) is 2.79. The van der Waals surface area contributed by atoms with E-state index in [4.69, 9.17) is 0 Å². The first kappa shape index (κ1) is 34.9. The Kier molecular flexibility index (Phi) is 13.4. The standard InChI is InChI=1S/C27H39N2.C12H11P.Cu/c1-18(2)22-11-9-12-23(19(3)4)26(22)28-15-16-29(17-28)27-24(20(5)6)13-10-14-25(27)21(7)8;1-3-7-11(8-4-1)13-12-9-5-2-6-10-12;/h9-14,17-21H,15-16H2,1-8H3;1-10,13H;/q-1;;+1. The summed E-state index contributed by atoms with van der Waals surface area (Å²) in [5.41, 5.74) is 8.67. The Balaban J connectivity index is 0.000000302. The third kappa shape index (κ3) is 8.98. The molecule has 4 heteroatoms. The Morgan fingerprint density at radius 1 is 0.465 bits per heavy atom. The molecule has 232 valence electrons. The number of hydrogen-bond acceptors (Lipinski definition) is 2. The summed E-state index contributed by atoms with van der Waals surface area (Å²) in [5.74, 6) is 2.06. The van der Waals surface area contributed by atoms with Gasteiger partial charge in [-0.15, -0.1) is 0 Å². The normalized spacial score (nSPS) is 13.0. The molecule has 0 N–H and O–H groups in total. The third-order valence-electron chi connectivity index (χ3n) is 7.96. The van der Waals surface area contributed by atoms with E-state index < -0.39 is 0 Å². The summed E-state index contributed by atoms with van der Waals surface area (Å²) in [6, 6.07) is 34.8. The van der Waals surface area contributed by atoms with Gasteiger partial charge in [0.05, 0.1) is 0 Å². The zero-order chi connectivity index (χ0) is 30.2. The molecule has 1 aliphatic heterocycles. The quantitative estimate of drug-likeness (QED) is 0.107. The van der Waals surface area contributed by atoms with Crippen LogP contribution < -0.4 is 20.4 Å². The van der Waals surface area contributed by atoms with Crippen LogP contribution in [0.15, 0.2) is 97.1 Å². The van der Waals surface area contributed by atoms with Crippen molar-refractivity contribution in [1.82, 2.24) is 0 Å². The first-order chi connectivity index (χ1) is 20.2. The second-order valence-electron chi connectivity index (χ2n) is 12.5. The summed E-state index contributed by atoms with van der Waals surface area (Å²) >= 11 is 0. The first-order valence-electron chi connectivity index (χ1n) is 15.7. The smallest absolute Gasteiger partial charge is 0.502 e. The minimum Gasteiger partial charge on any atom is -0.502 e. The van der Waals surface area contributed by atoms with Gasteiger partial charge < -0.3 is 9.80 Å². The molecule has 0 spiro atoms. The number of nitrogens with zero attached hydrogens (tertiary/aromatic N) is 2. The van der Waals surface area contributed by atoms with E-state index in [1.807, 2.05) is 0 Å². The van der Waals surface area contributed by atoms with Gasteiger partial charge in [-0.3, -0.25) is 0 Å². The molecular weight excluding hydrogens is 591 g/mol. The van der Waals surface area contributed by atoms with E-state index in [0.29, 0.717) is 23.7 Å². The van der Waals surface area contributed by atoms with Crippen molar-refractivity contribution in [3.05, 3.63) is 126 Å². The van der Waals surface area contributed by atoms with Crippen molar-refractivity contribution in [3.63, 3.8) is 0 Å². The van der Waals surface area contributed by atoms with E-state index in [-0.39, 0.29) is 17.1 Å². The van der Waals surface area contributed by atoms with Crippen molar-refractivity contribution in [2.24, 2.45) is 0 Å². The Morgan fingerprint density at radius 2 is 0.767 bits per heavy atom. The van der Waals surface area contributed by atoms with Crippen LogP contribution in [0.1, 0.15) is 101 Å². The van der Waals surface area contributed by atoms with Crippen LogP contribution in [0, 0.1) is 6.67 Å². The van der Waals surface area contributed by atoms with Gasteiger partial charge in [-0.1, -0.05) is 161 Å². The van der Waals surface area contributed by atoms with Gasteiger partial charge in [0.25, 0.3) is 0 Å². The van der Waals surface area contributed by atoms with Crippen LogP contribution >= 0.6 is 8.58 Å². The zero-order valence-electron chi connectivity index (χ0n) is 27.2. The summed E-state index contributed by atoms with van der Waals surface area (Å²) in [4.78, 5) is 5.01. The minimum absolute atomic E-state index is 0. The molecule has 0 amide bonds. The minimum atomic E-state index is 0. The molecule has 0 saturated carbocycles. The van der Waals surface area contributed by atoms with Crippen LogP contribution in [0.3, 0.4) is 0 Å². The van der Waals surface area contributed by atoms with Crippen molar-refractivity contribution < 1.29 is 17.1 Å². The number of hydrogen-bond donors (Lipinski definition) is 0. The first-order valence-corrected chi connectivity index (χ1v) is 16.7. The van der Waals surface area contributed by atoms with Crippen LogP contribution in [0.25, 0.3) is 0 Å². The molecule has 43 heavy (non-hydrogen) atoms. The van der Waals surface area contributed by atoms with Gasteiger partial charge in [-0.05, 0) is 56.5 Å². The number of rotatable bonds is 8. The van der Waals surface area contributed by atoms with Crippen LogP contribution in [-0.2, 0) is 17.1 Å². The second-order valence-corrected chi connectivity index (χ2v) is 14.0. The molecule has 0 aromatic heterocycles. The van der Waals surface area contributed by atoms with Gasteiger partial charge in [-0.25, -0.2) is 0 Å². The Morgan fingerprint density at radius 3 is 1.05 bits per heavy atom. The summed E-state index contributed by atoms with van der Waals surface area (Å²) in [6.07, 6.45) is 0. The maximum atomic E-state index is 2.51. The summed E-state index contributed by atoms with van der Waals surface area (Å²) in [7, 11) is 0.777. The predicted molar refractivity (Wildman–Crippen MR) is 189 cm³/mol. The zero-order valence-corrected chi connectivity index (χ0v) is 29.2. The van der Waals surface area contributed by atoms with Crippen LogP contribution in [0.2, 0.25) is 0 Å². The maximum absolute atomic E-state index is 2.51. The number of anilines is 2. The number of benzene rings is 4. The molecule has 4 aromatic carbocycles. The van der Waals surface area contributed by atoms with Gasteiger partial charge in [0, 0.05) is 24.5 Å². The molecule has 0 bridgehead atoms. The Hall–Kier alpha value is -2.57. The van der Waals surface area contributed by atoms with Crippen molar-refractivity contribution in [1.29, 1.82) is 0 Å². The molecule has 1 saturated heterocycles. The molecule has 0 unspecified atom stereocenters. The van der Waals surface area contributed by atoms with Crippen LogP contribution in [0.4, 0.5) is 11.4 Å². The molecular formula is C39H50CuN2P. The van der Waals surface area contributed by atoms with E-state index in [1.165, 1.54) is 44.2 Å². The van der Waals surface area contributed by atoms with Crippen molar-refractivity contribution in [3.8, 4) is 0 Å². The van der Waals surface area contributed by atoms with Gasteiger partial charge in [0.1, 0.15) is 0 Å². The fourth-order valence-electron chi connectivity index (χ4n) is 5.73. The van der Waals surface area contributed by atoms with E-state index in [2.05, 4.69) is 169 Å². The molecule has 0 radical (unpaired) electrons. The van der Waals surface area contributed by atoms with E-state index in [0.717, 1.165) is 21.7 Å². The second kappa shape index (κ2) is 16.5. The fourth-order valence-corrected chi connectivity index (χ4v) is 6.79. The van der Waals surface area contributed by atoms with Gasteiger partial charge >= 0.3 is 17.1 Å². The van der Waals surface area contributed by atoms with Crippen molar-refractivity contribution >= 4 is 30.6 Å². The largest absolute Gasteiger partial charge is 1.00 e. The topological polar surface area (TPSA) is 6.48 Å². The van der Waals surface area contributed by atoms with E-state index >= 15 is 0 Å². The predicted octanol–water partition coefficient (Wildman–Crippen LogP) is 9.94. The van der Waals surface area contributed by atoms with Crippen LogP contribution in [0.5, 0.6) is 0 Å². The molecule has 0 atom stereocenters. The Bertz CT molecular complexity index is 1240. The summed E-state index contributed by atoms with van der Waals surface area (Å²) in [6.45, 7) is 22.9. The molecule has 4 aromatic rings. The van der Waals surface area contributed by atoms with E-state index in [1.54, 1.807) is 0 Å². The molecule has 1 fully saturated rings. The maximum Gasteiger partial charge on any atom is 1.00 e. The van der Waals surface area contributed by atoms with Crippen molar-refractivity contribution in [2.45, 2.75) is 79.1 Å². The van der Waals surface area contributed by atoms with Gasteiger partial charge in [0.2, 0.25) is 0 Å². The molecule has 5 rings (SSSR count). The molecule has 0 aliphatic carbocycles. The van der Waals surface area contributed by atoms with Crippen molar-refractivity contribution in [2.75, 3.05) is 22.9 Å². The average molecular weight is 641 g/mol. The monoisotopic (exact) mass is 640 g/mol. The Labute approximate surface area is 274 Å². The SMILES string of the molecule is CC(C)c1cccc(C(C)C)c1N1[CH-]N(c2c(C(C)C)cccc2C(C)C)CC1.[Cu+].c1ccc(Pc2ccccc2)cc1. The molecule has 2 nitrogen and oxygen atoms in total. The van der Waals surface area contributed by atoms with Gasteiger partial charge in [0.15, 0.2) is 0 Å². The summed E-state index contributed by atoms with van der Waals surface area (Å²) < 4.78 is 0. The van der Waals surface area contributed by atoms with E-state index in [9.17, 15) is 0 Å². The van der Waals surface area contributed by atoms with Gasteiger partial charge in [-0.2, -0.15) is 6.67 Å². The number of para-hydroxylation sites is 2. The van der Waals surface area contributed by atoms with Crippen LogP contribution in [-0.4, -0.2) is 13.1 Å². The molecule has 1 aliphatic rings. The average Bonchev–Trinajstić information content (AvgIpc) is 3.47. The fraction of sp³-hybridized carbons (Fsp3) is 0.359. The molecule has 1 heterocycles.